The van der Waals surface area contributed by atoms with Gasteiger partial charge in [0, 0.05) is 11.6 Å². The van der Waals surface area contributed by atoms with Crippen LogP contribution in [0.25, 0.3) is 0 Å². The summed E-state index contributed by atoms with van der Waals surface area (Å²) in [6, 6.07) is 3.00. The summed E-state index contributed by atoms with van der Waals surface area (Å²) in [4.78, 5) is 0. The summed E-state index contributed by atoms with van der Waals surface area (Å²) in [7, 11) is 1.33. The van der Waals surface area contributed by atoms with Crippen LogP contribution in [-0.2, 0) is 6.18 Å². The van der Waals surface area contributed by atoms with Gasteiger partial charge >= 0.3 is 6.18 Å². The third kappa shape index (κ3) is 3.50. The highest BCUT2D eigenvalue weighted by Crippen LogP contribution is 2.35. The van der Waals surface area contributed by atoms with E-state index in [4.69, 9.17) is 10.5 Å². The van der Waals surface area contributed by atoms with E-state index in [1.54, 1.807) is 6.08 Å². The molecule has 100 valence electrons. The van der Waals surface area contributed by atoms with Gasteiger partial charge in [-0.25, -0.2) is 0 Å². The molecule has 2 N–H and O–H groups in total. The van der Waals surface area contributed by atoms with Crippen LogP contribution in [0, 0.1) is 0 Å². The molecule has 0 aliphatic heterocycles. The summed E-state index contributed by atoms with van der Waals surface area (Å²) in [6.45, 7) is 3.58. The number of methoxy groups -OCH3 is 1. The van der Waals surface area contributed by atoms with Crippen molar-refractivity contribution in [2.45, 2.75) is 25.1 Å². The summed E-state index contributed by atoms with van der Waals surface area (Å²) < 4.78 is 42.6. The van der Waals surface area contributed by atoms with E-state index in [9.17, 15) is 13.2 Å². The zero-order chi connectivity index (χ0) is 13.8. The minimum atomic E-state index is -4.38. The van der Waals surface area contributed by atoms with Gasteiger partial charge in [0.2, 0.25) is 0 Å². The lowest BCUT2D eigenvalue weighted by atomic mass is 10.00. The van der Waals surface area contributed by atoms with Gasteiger partial charge in [0.05, 0.1) is 12.7 Å². The van der Waals surface area contributed by atoms with Crippen molar-refractivity contribution in [3.05, 3.63) is 42.0 Å². The van der Waals surface area contributed by atoms with Crippen molar-refractivity contribution in [3.8, 4) is 5.75 Å². The molecule has 0 heterocycles. The van der Waals surface area contributed by atoms with E-state index in [0.29, 0.717) is 18.4 Å². The third-order valence-electron chi connectivity index (χ3n) is 2.64. The molecule has 1 aromatic carbocycles. The van der Waals surface area contributed by atoms with E-state index in [1.165, 1.54) is 13.2 Å². The predicted molar refractivity (Wildman–Crippen MR) is 64.4 cm³/mol. The van der Waals surface area contributed by atoms with Crippen LogP contribution in [0.4, 0.5) is 13.2 Å². The van der Waals surface area contributed by atoms with Crippen molar-refractivity contribution in [2.75, 3.05) is 7.11 Å². The number of benzene rings is 1. The first-order valence-corrected chi connectivity index (χ1v) is 5.51. The van der Waals surface area contributed by atoms with Gasteiger partial charge in [-0.2, -0.15) is 13.2 Å². The Morgan fingerprint density at radius 3 is 2.61 bits per heavy atom. The van der Waals surface area contributed by atoms with E-state index in [-0.39, 0.29) is 11.8 Å². The molecule has 1 aromatic rings. The molecule has 18 heavy (non-hydrogen) atoms. The minimum Gasteiger partial charge on any atom is -0.496 e. The third-order valence-corrected chi connectivity index (χ3v) is 2.64. The molecule has 0 aromatic heterocycles. The van der Waals surface area contributed by atoms with Gasteiger partial charge < -0.3 is 10.5 Å². The van der Waals surface area contributed by atoms with Crippen molar-refractivity contribution in [1.82, 2.24) is 0 Å². The van der Waals surface area contributed by atoms with Crippen LogP contribution >= 0.6 is 0 Å². The second-order valence-electron chi connectivity index (χ2n) is 3.93. The molecule has 0 spiro atoms. The fraction of sp³-hybridized carbons (Fsp3) is 0.385. The van der Waals surface area contributed by atoms with Gasteiger partial charge in [0.1, 0.15) is 5.75 Å². The van der Waals surface area contributed by atoms with Gasteiger partial charge in [-0.3, -0.25) is 0 Å². The molecule has 0 bridgehead atoms. The van der Waals surface area contributed by atoms with Crippen LogP contribution < -0.4 is 10.5 Å². The van der Waals surface area contributed by atoms with Crippen LogP contribution in [0.3, 0.4) is 0 Å². The molecule has 0 aliphatic carbocycles. The van der Waals surface area contributed by atoms with Crippen molar-refractivity contribution in [2.24, 2.45) is 5.73 Å². The summed E-state index contributed by atoms with van der Waals surface area (Å²) in [5.41, 5.74) is 5.75. The van der Waals surface area contributed by atoms with Gasteiger partial charge in [-0.05, 0) is 25.0 Å². The minimum absolute atomic E-state index is 0.168. The number of alkyl halides is 3. The molecule has 2 nitrogen and oxygen atoms in total. The van der Waals surface area contributed by atoms with Crippen molar-refractivity contribution >= 4 is 0 Å². The maximum atomic E-state index is 12.5. The van der Waals surface area contributed by atoms with E-state index in [0.717, 1.165) is 12.1 Å². The number of rotatable bonds is 5. The smallest absolute Gasteiger partial charge is 0.416 e. The lowest BCUT2D eigenvalue weighted by Crippen LogP contribution is -2.13. The Balaban J connectivity index is 3.03. The van der Waals surface area contributed by atoms with E-state index < -0.39 is 11.7 Å². The second kappa shape index (κ2) is 5.91. The SMILES string of the molecule is C=CCC[C@@H](N)c1ccc(C(F)(F)F)cc1OC. The zero-order valence-corrected chi connectivity index (χ0v) is 10.1. The van der Waals surface area contributed by atoms with Gasteiger partial charge in [0.25, 0.3) is 0 Å². The van der Waals surface area contributed by atoms with Crippen LogP contribution in [0.5, 0.6) is 5.75 Å². The monoisotopic (exact) mass is 259 g/mol. The average Bonchev–Trinajstić information content (AvgIpc) is 2.34. The number of hydrogen-bond donors (Lipinski definition) is 1. The highest BCUT2D eigenvalue weighted by atomic mass is 19.4. The van der Waals surface area contributed by atoms with E-state index in [2.05, 4.69) is 6.58 Å². The zero-order valence-electron chi connectivity index (χ0n) is 10.1. The summed E-state index contributed by atoms with van der Waals surface area (Å²) in [6.07, 6.45) is -1.34. The number of halogens is 3. The first kappa shape index (κ1) is 14.6. The van der Waals surface area contributed by atoms with Crippen molar-refractivity contribution in [3.63, 3.8) is 0 Å². The standard InChI is InChI=1S/C13H16F3NO/c1-3-4-5-11(17)10-7-6-9(13(14,15)16)8-12(10)18-2/h3,6-8,11H,1,4-5,17H2,2H3/t11-/m1/s1. The average molecular weight is 259 g/mol. The molecule has 5 heteroatoms. The number of ether oxygens (including phenoxy) is 1. The van der Waals surface area contributed by atoms with Crippen LogP contribution in [-0.4, -0.2) is 7.11 Å². The molecule has 0 unspecified atom stereocenters. The topological polar surface area (TPSA) is 35.2 Å². The maximum absolute atomic E-state index is 12.5. The highest BCUT2D eigenvalue weighted by Gasteiger charge is 2.31. The molecule has 0 radical (unpaired) electrons. The molecule has 0 saturated carbocycles. The van der Waals surface area contributed by atoms with E-state index in [1.807, 2.05) is 0 Å². The Morgan fingerprint density at radius 1 is 1.44 bits per heavy atom. The lowest BCUT2D eigenvalue weighted by Gasteiger charge is -2.17. The highest BCUT2D eigenvalue weighted by molar-refractivity contribution is 5.40. The largest absolute Gasteiger partial charge is 0.496 e. The summed E-state index contributed by atoms with van der Waals surface area (Å²) in [5, 5.41) is 0. The molecule has 0 aliphatic rings. The molecular weight excluding hydrogens is 243 g/mol. The van der Waals surface area contributed by atoms with Crippen LogP contribution in [0.1, 0.15) is 30.0 Å². The van der Waals surface area contributed by atoms with Crippen LogP contribution in [0.2, 0.25) is 0 Å². The Hall–Kier alpha value is -1.49. The Labute approximate surface area is 104 Å². The first-order valence-electron chi connectivity index (χ1n) is 5.51. The fourth-order valence-corrected chi connectivity index (χ4v) is 1.65. The number of nitrogens with two attached hydrogens (primary N) is 1. The molecular formula is C13H16F3NO. The normalized spacial score (nSPS) is 13.2. The summed E-state index contributed by atoms with van der Waals surface area (Å²) in [5.74, 6) is 0.168. The molecule has 0 saturated heterocycles. The fourth-order valence-electron chi connectivity index (χ4n) is 1.65. The number of hydrogen-bond acceptors (Lipinski definition) is 2. The Morgan fingerprint density at radius 2 is 2.11 bits per heavy atom. The molecule has 0 amide bonds. The van der Waals surface area contributed by atoms with Crippen molar-refractivity contribution < 1.29 is 17.9 Å². The number of allylic oxidation sites excluding steroid dienone is 1. The lowest BCUT2D eigenvalue weighted by molar-refractivity contribution is -0.137. The van der Waals surface area contributed by atoms with Gasteiger partial charge in [0.15, 0.2) is 0 Å². The molecule has 0 fully saturated rings. The molecule has 1 rings (SSSR count). The second-order valence-corrected chi connectivity index (χ2v) is 3.93. The first-order chi connectivity index (χ1) is 8.40. The Kier molecular flexibility index (Phi) is 4.78. The van der Waals surface area contributed by atoms with E-state index >= 15 is 0 Å². The predicted octanol–water partition coefficient (Wildman–Crippen LogP) is 3.68. The quantitative estimate of drug-likeness (QED) is 0.819. The van der Waals surface area contributed by atoms with Gasteiger partial charge in [-0.1, -0.05) is 12.1 Å². The molecule has 1 atom stereocenters. The van der Waals surface area contributed by atoms with Crippen LogP contribution in [0.15, 0.2) is 30.9 Å². The summed E-state index contributed by atoms with van der Waals surface area (Å²) >= 11 is 0. The Bertz CT molecular complexity index is 415. The van der Waals surface area contributed by atoms with Crippen molar-refractivity contribution in [1.29, 1.82) is 0 Å². The van der Waals surface area contributed by atoms with Gasteiger partial charge in [-0.15, -0.1) is 6.58 Å². The maximum Gasteiger partial charge on any atom is 0.416 e.